The van der Waals surface area contributed by atoms with Gasteiger partial charge in [-0.25, -0.2) is 0 Å². The van der Waals surface area contributed by atoms with E-state index in [4.69, 9.17) is 11.0 Å². The Kier molecular flexibility index (Phi) is 2.20. The molecule has 0 aliphatic heterocycles. The van der Waals surface area contributed by atoms with Crippen LogP contribution in [0.3, 0.4) is 0 Å². The van der Waals surface area contributed by atoms with Gasteiger partial charge in [-0.3, -0.25) is 0 Å². The van der Waals surface area contributed by atoms with Gasteiger partial charge in [-0.15, -0.1) is 0 Å². The van der Waals surface area contributed by atoms with Gasteiger partial charge in [0.2, 0.25) is 0 Å². The van der Waals surface area contributed by atoms with Crippen LogP contribution in [-0.2, 0) is 0 Å². The lowest BCUT2D eigenvalue weighted by molar-refractivity contribution is 0.394. The zero-order valence-electron chi connectivity index (χ0n) is 7.33. The van der Waals surface area contributed by atoms with E-state index in [0.717, 1.165) is 5.56 Å². The molecule has 0 spiro atoms. The topological polar surface area (TPSA) is 65.6 Å². The third-order valence-electron chi connectivity index (χ3n) is 2.05. The molecule has 3 N–H and O–H groups in total. The summed E-state index contributed by atoms with van der Waals surface area (Å²) in [5, 5.41) is 8.82. The summed E-state index contributed by atoms with van der Waals surface area (Å²) in [5.41, 5.74) is 6.35. The van der Waals surface area contributed by atoms with Crippen molar-refractivity contribution in [3.8, 4) is 6.07 Å². The minimum atomic E-state index is -0.512. The Labute approximate surface area is 72.2 Å². The van der Waals surface area contributed by atoms with Gasteiger partial charge in [-0.2, -0.15) is 5.26 Å². The molecule has 0 aliphatic rings. The molecule has 1 unspecified atom stereocenters. The SMILES string of the molecule is CC(C)(C#N)C(N)c1cc[nH]c1. The van der Waals surface area contributed by atoms with Gasteiger partial charge in [0.05, 0.1) is 11.5 Å². The largest absolute Gasteiger partial charge is 0.367 e. The van der Waals surface area contributed by atoms with Crippen molar-refractivity contribution in [1.82, 2.24) is 4.98 Å². The smallest absolute Gasteiger partial charge is 0.0710 e. The summed E-state index contributed by atoms with van der Waals surface area (Å²) in [5.74, 6) is 0. The number of nitriles is 1. The molecule has 0 aromatic carbocycles. The Hall–Kier alpha value is -1.27. The highest BCUT2D eigenvalue weighted by atomic mass is 14.7. The molecule has 12 heavy (non-hydrogen) atoms. The standard InChI is InChI=1S/C9H13N3/c1-9(2,6-10)8(11)7-3-4-12-5-7/h3-5,8,12H,11H2,1-2H3. The first-order valence-electron chi connectivity index (χ1n) is 3.87. The van der Waals surface area contributed by atoms with Crippen molar-refractivity contribution < 1.29 is 0 Å². The third kappa shape index (κ3) is 1.49. The van der Waals surface area contributed by atoms with E-state index in [2.05, 4.69) is 11.1 Å². The first-order chi connectivity index (χ1) is 5.58. The molecule has 1 aromatic heterocycles. The lowest BCUT2D eigenvalue weighted by Gasteiger charge is -2.22. The molecule has 0 saturated carbocycles. The van der Waals surface area contributed by atoms with Gasteiger partial charge in [0.1, 0.15) is 0 Å². The second-order valence-corrected chi connectivity index (χ2v) is 3.46. The van der Waals surface area contributed by atoms with Crippen LogP contribution in [0, 0.1) is 16.7 Å². The molecule has 0 radical (unpaired) electrons. The second kappa shape index (κ2) is 3.00. The Morgan fingerprint density at radius 3 is 2.75 bits per heavy atom. The minimum Gasteiger partial charge on any atom is -0.367 e. The third-order valence-corrected chi connectivity index (χ3v) is 2.05. The summed E-state index contributed by atoms with van der Waals surface area (Å²) in [6.07, 6.45) is 3.63. The molecular formula is C9H13N3. The average Bonchev–Trinajstić information content (AvgIpc) is 2.55. The number of aromatic nitrogens is 1. The molecule has 1 atom stereocenters. The van der Waals surface area contributed by atoms with Crippen molar-refractivity contribution in [2.45, 2.75) is 19.9 Å². The summed E-state index contributed by atoms with van der Waals surface area (Å²) in [6, 6.07) is 3.86. The van der Waals surface area contributed by atoms with Crippen LogP contribution in [0.4, 0.5) is 0 Å². The van der Waals surface area contributed by atoms with Crippen molar-refractivity contribution in [3.63, 3.8) is 0 Å². The highest BCUT2D eigenvalue weighted by Crippen LogP contribution is 2.29. The molecule has 64 valence electrons. The van der Waals surface area contributed by atoms with Crippen LogP contribution in [0.2, 0.25) is 0 Å². The van der Waals surface area contributed by atoms with Crippen LogP contribution in [0.5, 0.6) is 0 Å². The predicted octanol–water partition coefficient (Wildman–Crippen LogP) is 1.56. The van der Waals surface area contributed by atoms with Gasteiger partial charge in [0.15, 0.2) is 0 Å². The van der Waals surface area contributed by atoms with Crippen LogP contribution in [0.15, 0.2) is 18.5 Å². The van der Waals surface area contributed by atoms with Gasteiger partial charge in [-0.05, 0) is 25.5 Å². The summed E-state index contributed by atoms with van der Waals surface area (Å²) in [7, 11) is 0. The van der Waals surface area contributed by atoms with Crippen molar-refractivity contribution in [1.29, 1.82) is 5.26 Å². The highest BCUT2D eigenvalue weighted by molar-refractivity contribution is 5.19. The van der Waals surface area contributed by atoms with E-state index in [0.29, 0.717) is 0 Å². The summed E-state index contributed by atoms with van der Waals surface area (Å²) >= 11 is 0. The average molecular weight is 163 g/mol. The maximum Gasteiger partial charge on any atom is 0.0710 e. The number of nitrogens with zero attached hydrogens (tertiary/aromatic N) is 1. The number of H-pyrrole nitrogens is 1. The van der Waals surface area contributed by atoms with Crippen LogP contribution >= 0.6 is 0 Å². The van der Waals surface area contributed by atoms with Crippen molar-refractivity contribution >= 4 is 0 Å². The number of nitrogens with one attached hydrogen (secondary N) is 1. The summed E-state index contributed by atoms with van der Waals surface area (Å²) in [6.45, 7) is 3.68. The first kappa shape index (κ1) is 8.82. The Balaban J connectivity index is 2.87. The fourth-order valence-electron chi connectivity index (χ4n) is 1.02. The van der Waals surface area contributed by atoms with Gasteiger partial charge in [-0.1, -0.05) is 0 Å². The minimum absolute atomic E-state index is 0.228. The lowest BCUT2D eigenvalue weighted by Crippen LogP contribution is -2.27. The predicted molar refractivity (Wildman–Crippen MR) is 47.1 cm³/mol. The Morgan fingerprint density at radius 2 is 2.33 bits per heavy atom. The van der Waals surface area contributed by atoms with E-state index in [1.54, 1.807) is 0 Å². The molecule has 0 bridgehead atoms. The molecule has 1 rings (SSSR count). The van der Waals surface area contributed by atoms with Gasteiger partial charge < -0.3 is 10.7 Å². The van der Waals surface area contributed by atoms with Crippen LogP contribution in [-0.4, -0.2) is 4.98 Å². The molecule has 0 fully saturated rings. The summed E-state index contributed by atoms with van der Waals surface area (Å²) < 4.78 is 0. The molecule has 3 nitrogen and oxygen atoms in total. The molecule has 1 aromatic rings. The van der Waals surface area contributed by atoms with Gasteiger partial charge in [0, 0.05) is 18.4 Å². The van der Waals surface area contributed by atoms with E-state index >= 15 is 0 Å². The molecule has 0 aliphatic carbocycles. The Morgan fingerprint density at radius 1 is 1.67 bits per heavy atom. The van der Waals surface area contributed by atoms with Crippen molar-refractivity contribution in [2.24, 2.45) is 11.1 Å². The number of nitrogens with two attached hydrogens (primary N) is 1. The number of rotatable bonds is 2. The second-order valence-electron chi connectivity index (χ2n) is 3.46. The molecule has 0 amide bonds. The normalized spacial score (nSPS) is 13.8. The van der Waals surface area contributed by atoms with Crippen LogP contribution < -0.4 is 5.73 Å². The van der Waals surface area contributed by atoms with Crippen molar-refractivity contribution in [3.05, 3.63) is 24.0 Å². The first-order valence-corrected chi connectivity index (χ1v) is 3.87. The van der Waals surface area contributed by atoms with Gasteiger partial charge in [0.25, 0.3) is 0 Å². The monoisotopic (exact) mass is 163 g/mol. The molecule has 1 heterocycles. The zero-order valence-corrected chi connectivity index (χ0v) is 7.33. The fourth-order valence-corrected chi connectivity index (χ4v) is 1.02. The molecular weight excluding hydrogens is 150 g/mol. The zero-order chi connectivity index (χ0) is 9.19. The molecule has 0 saturated heterocycles. The van der Waals surface area contributed by atoms with E-state index < -0.39 is 5.41 Å². The van der Waals surface area contributed by atoms with Crippen LogP contribution in [0.1, 0.15) is 25.5 Å². The van der Waals surface area contributed by atoms with E-state index in [-0.39, 0.29) is 6.04 Å². The highest BCUT2D eigenvalue weighted by Gasteiger charge is 2.27. The van der Waals surface area contributed by atoms with Crippen LogP contribution in [0.25, 0.3) is 0 Å². The summed E-state index contributed by atoms with van der Waals surface area (Å²) in [4.78, 5) is 2.92. The fraction of sp³-hybridized carbons (Fsp3) is 0.444. The van der Waals surface area contributed by atoms with Gasteiger partial charge >= 0.3 is 0 Å². The number of hydrogen-bond acceptors (Lipinski definition) is 2. The number of aromatic amines is 1. The lowest BCUT2D eigenvalue weighted by atomic mass is 9.83. The Bertz CT molecular complexity index is 279. The number of hydrogen-bond donors (Lipinski definition) is 2. The van der Waals surface area contributed by atoms with E-state index in [1.165, 1.54) is 0 Å². The van der Waals surface area contributed by atoms with E-state index in [1.807, 2.05) is 32.3 Å². The van der Waals surface area contributed by atoms with E-state index in [9.17, 15) is 0 Å². The molecule has 3 heteroatoms. The quantitative estimate of drug-likeness (QED) is 0.694. The maximum atomic E-state index is 8.82. The van der Waals surface area contributed by atoms with Crippen molar-refractivity contribution in [2.75, 3.05) is 0 Å². The maximum absolute atomic E-state index is 8.82.